The zero-order valence-electron chi connectivity index (χ0n) is 22.7. The second-order valence-electron chi connectivity index (χ2n) is 9.80. The highest BCUT2D eigenvalue weighted by molar-refractivity contribution is 5.95. The van der Waals surface area contributed by atoms with Gasteiger partial charge < -0.3 is 10.1 Å². The zero-order chi connectivity index (χ0) is 25.6. The van der Waals surface area contributed by atoms with Crippen molar-refractivity contribution in [3.63, 3.8) is 0 Å². The Morgan fingerprint density at radius 2 is 1.23 bits per heavy atom. The molecule has 2 N–H and O–H groups in total. The number of hydrogen-bond acceptors (Lipinski definition) is 4. The molecule has 0 radical (unpaired) electrons. The molecule has 0 saturated carbocycles. The molecule has 35 heavy (non-hydrogen) atoms. The number of rotatable bonds is 21. The van der Waals surface area contributed by atoms with Gasteiger partial charge in [-0.05, 0) is 12.5 Å². The van der Waals surface area contributed by atoms with Gasteiger partial charge in [-0.2, -0.15) is 0 Å². The second kappa shape index (κ2) is 21.2. The molecule has 0 aliphatic heterocycles. The quantitative estimate of drug-likeness (QED) is 0.140. The first-order valence-electron chi connectivity index (χ1n) is 14.0. The summed E-state index contributed by atoms with van der Waals surface area (Å²) in [7, 11) is 3.42. The molecule has 6 heteroatoms. The summed E-state index contributed by atoms with van der Waals surface area (Å²) in [5.74, 6) is -0.113. The third kappa shape index (κ3) is 17.1. The molecule has 2 amide bonds. The molecule has 0 atom stereocenters. The lowest BCUT2D eigenvalue weighted by molar-refractivity contribution is 0.0941. The van der Waals surface area contributed by atoms with E-state index in [0.717, 1.165) is 12.8 Å². The van der Waals surface area contributed by atoms with Gasteiger partial charge in [0.25, 0.3) is 5.91 Å². The normalized spacial score (nSPS) is 11.0. The van der Waals surface area contributed by atoms with Crippen molar-refractivity contribution in [1.82, 2.24) is 15.8 Å². The molecule has 6 nitrogen and oxygen atoms in total. The van der Waals surface area contributed by atoms with Crippen LogP contribution in [0.4, 0.5) is 4.79 Å². The molecule has 0 aromatic heterocycles. The van der Waals surface area contributed by atoms with E-state index in [-0.39, 0.29) is 12.5 Å². The molecular weight excluding hydrogens is 438 g/mol. The smallest absolute Gasteiger partial charge is 0.422 e. The maximum atomic E-state index is 12.6. The SMILES string of the molecule is CCCCCCCCCCCCCCCCCCNC(=O)c1ccccc1COC(=O)NN(C)C. The average Bonchev–Trinajstić information content (AvgIpc) is 2.84. The molecule has 0 spiro atoms. The summed E-state index contributed by atoms with van der Waals surface area (Å²) in [6, 6.07) is 7.25. The molecular formula is C29H51N3O3. The van der Waals surface area contributed by atoms with Gasteiger partial charge in [0.15, 0.2) is 0 Å². The highest BCUT2D eigenvalue weighted by atomic mass is 16.6. The van der Waals surface area contributed by atoms with Crippen molar-refractivity contribution in [2.45, 2.75) is 116 Å². The van der Waals surface area contributed by atoms with Gasteiger partial charge >= 0.3 is 6.09 Å². The average molecular weight is 490 g/mol. The highest BCUT2D eigenvalue weighted by Gasteiger charge is 2.12. The van der Waals surface area contributed by atoms with Crippen LogP contribution >= 0.6 is 0 Å². The lowest BCUT2D eigenvalue weighted by Crippen LogP contribution is -2.36. The molecule has 0 aliphatic rings. The Balaban J connectivity index is 2.02. The van der Waals surface area contributed by atoms with Crippen LogP contribution in [0.5, 0.6) is 0 Å². The second-order valence-corrected chi connectivity index (χ2v) is 9.80. The van der Waals surface area contributed by atoms with Crippen molar-refractivity contribution in [3.05, 3.63) is 35.4 Å². The van der Waals surface area contributed by atoms with E-state index in [0.29, 0.717) is 17.7 Å². The maximum absolute atomic E-state index is 12.6. The zero-order valence-corrected chi connectivity index (χ0v) is 22.7. The molecule has 1 rings (SSSR count). The summed E-state index contributed by atoms with van der Waals surface area (Å²) in [4.78, 5) is 24.3. The van der Waals surface area contributed by atoms with Gasteiger partial charge in [-0.15, -0.1) is 0 Å². The fraction of sp³-hybridized carbons (Fsp3) is 0.724. The minimum absolute atomic E-state index is 0.0579. The largest absolute Gasteiger partial charge is 0.444 e. The Morgan fingerprint density at radius 3 is 1.74 bits per heavy atom. The van der Waals surface area contributed by atoms with Gasteiger partial charge in [-0.1, -0.05) is 121 Å². The van der Waals surface area contributed by atoms with Crippen LogP contribution in [0.3, 0.4) is 0 Å². The van der Waals surface area contributed by atoms with E-state index < -0.39 is 6.09 Å². The van der Waals surface area contributed by atoms with Crippen LogP contribution in [-0.2, 0) is 11.3 Å². The number of nitrogens with zero attached hydrogens (tertiary/aromatic N) is 1. The van der Waals surface area contributed by atoms with Gasteiger partial charge in [0.2, 0.25) is 0 Å². The van der Waals surface area contributed by atoms with Crippen LogP contribution in [0.2, 0.25) is 0 Å². The number of ether oxygens (including phenoxy) is 1. The summed E-state index contributed by atoms with van der Waals surface area (Å²) >= 11 is 0. The lowest BCUT2D eigenvalue weighted by atomic mass is 10.0. The van der Waals surface area contributed by atoms with Crippen molar-refractivity contribution in [3.8, 4) is 0 Å². The lowest BCUT2D eigenvalue weighted by Gasteiger charge is -2.13. The fourth-order valence-electron chi connectivity index (χ4n) is 4.20. The third-order valence-corrected chi connectivity index (χ3v) is 6.25. The van der Waals surface area contributed by atoms with Crippen LogP contribution in [0.1, 0.15) is 126 Å². The van der Waals surface area contributed by atoms with Crippen LogP contribution in [0, 0.1) is 0 Å². The Morgan fingerprint density at radius 1 is 0.743 bits per heavy atom. The summed E-state index contributed by atoms with van der Waals surface area (Å²) in [6.45, 7) is 3.01. The van der Waals surface area contributed by atoms with E-state index in [4.69, 9.17) is 4.74 Å². The molecule has 0 unspecified atom stereocenters. The summed E-state index contributed by atoms with van der Waals surface area (Å²) in [5, 5.41) is 4.52. The highest BCUT2D eigenvalue weighted by Crippen LogP contribution is 2.14. The number of carbonyl (C=O) groups excluding carboxylic acids is 2. The monoisotopic (exact) mass is 489 g/mol. The van der Waals surface area contributed by atoms with E-state index in [9.17, 15) is 9.59 Å². The van der Waals surface area contributed by atoms with Crippen LogP contribution in [-0.4, -0.2) is 37.6 Å². The molecule has 200 valence electrons. The number of benzene rings is 1. The fourth-order valence-corrected chi connectivity index (χ4v) is 4.20. The Bertz CT molecular complexity index is 679. The first-order valence-corrected chi connectivity index (χ1v) is 14.0. The standard InChI is InChI=1S/C29H51N3O3/c1-4-5-6-7-8-9-10-11-12-13-14-15-16-17-18-21-24-30-28(33)27-23-20-19-22-26(27)25-35-29(34)31-32(2)3/h19-20,22-23H,4-18,21,24-25H2,1-3H3,(H,30,33)(H,31,34). The predicted octanol–water partition coefficient (Wildman–Crippen LogP) is 7.38. The van der Waals surface area contributed by atoms with Crippen molar-refractivity contribution in [2.75, 3.05) is 20.6 Å². The van der Waals surface area contributed by atoms with E-state index in [2.05, 4.69) is 17.7 Å². The molecule has 0 fully saturated rings. The minimum atomic E-state index is -0.543. The van der Waals surface area contributed by atoms with Crippen LogP contribution < -0.4 is 10.7 Å². The number of hydrogen-bond donors (Lipinski definition) is 2. The Hall–Kier alpha value is -2.08. The Kier molecular flexibility index (Phi) is 18.8. The molecule has 0 saturated heterocycles. The van der Waals surface area contributed by atoms with E-state index in [1.54, 1.807) is 20.2 Å². The molecule has 0 heterocycles. The molecule has 0 aliphatic carbocycles. The predicted molar refractivity (Wildman–Crippen MR) is 145 cm³/mol. The van der Waals surface area contributed by atoms with E-state index in [1.165, 1.54) is 94.9 Å². The van der Waals surface area contributed by atoms with Gasteiger partial charge in [-0.25, -0.2) is 9.80 Å². The first-order chi connectivity index (χ1) is 17.0. The minimum Gasteiger partial charge on any atom is -0.444 e. The van der Waals surface area contributed by atoms with E-state index in [1.807, 2.05) is 18.2 Å². The third-order valence-electron chi connectivity index (χ3n) is 6.25. The van der Waals surface area contributed by atoms with E-state index >= 15 is 0 Å². The number of amides is 2. The molecule has 1 aromatic rings. The van der Waals surface area contributed by atoms with Gasteiger partial charge in [0.05, 0.1) is 0 Å². The Labute approximate surface area is 214 Å². The van der Waals surface area contributed by atoms with Crippen LogP contribution in [0.25, 0.3) is 0 Å². The van der Waals surface area contributed by atoms with Crippen molar-refractivity contribution >= 4 is 12.0 Å². The molecule has 1 aromatic carbocycles. The van der Waals surface area contributed by atoms with Gasteiger partial charge in [0.1, 0.15) is 6.61 Å². The van der Waals surface area contributed by atoms with Crippen molar-refractivity contribution in [1.29, 1.82) is 0 Å². The number of hydrazine groups is 1. The van der Waals surface area contributed by atoms with Crippen molar-refractivity contribution < 1.29 is 14.3 Å². The summed E-state index contributed by atoms with van der Waals surface area (Å²) in [6.07, 6.45) is 20.9. The van der Waals surface area contributed by atoms with Crippen molar-refractivity contribution in [2.24, 2.45) is 0 Å². The van der Waals surface area contributed by atoms with Crippen LogP contribution in [0.15, 0.2) is 24.3 Å². The van der Waals surface area contributed by atoms with Gasteiger partial charge in [0, 0.05) is 31.8 Å². The number of unbranched alkanes of at least 4 members (excludes halogenated alkanes) is 15. The summed E-state index contributed by atoms with van der Waals surface area (Å²) in [5.41, 5.74) is 3.78. The summed E-state index contributed by atoms with van der Waals surface area (Å²) < 4.78 is 5.20. The molecule has 0 bridgehead atoms. The first kappa shape index (κ1) is 31.0. The number of nitrogens with one attached hydrogen (secondary N) is 2. The van der Waals surface area contributed by atoms with Gasteiger partial charge in [-0.3, -0.25) is 10.2 Å². The number of carbonyl (C=O) groups is 2. The topological polar surface area (TPSA) is 70.7 Å². The maximum Gasteiger partial charge on any atom is 0.422 e.